The molecule has 1 aliphatic heterocycles. The van der Waals surface area contributed by atoms with Gasteiger partial charge in [0.25, 0.3) is 5.91 Å². The third-order valence-electron chi connectivity index (χ3n) is 4.16. The molecule has 0 bridgehead atoms. The van der Waals surface area contributed by atoms with Gasteiger partial charge in [0.1, 0.15) is 0 Å². The molecule has 0 atom stereocenters. The Morgan fingerprint density at radius 3 is 2.46 bits per heavy atom. The Labute approximate surface area is 169 Å². The Hall–Kier alpha value is -2.37. The number of morpholine rings is 1. The van der Waals surface area contributed by atoms with E-state index < -0.39 is 10.0 Å². The zero-order chi connectivity index (χ0) is 20.0. The van der Waals surface area contributed by atoms with Crippen molar-refractivity contribution >= 4 is 27.5 Å². The van der Waals surface area contributed by atoms with Crippen molar-refractivity contribution in [2.45, 2.75) is 4.90 Å². The number of carbonyl (C=O) groups excluding carboxylic acids is 1. The van der Waals surface area contributed by atoms with Gasteiger partial charge in [-0.2, -0.15) is 4.31 Å². The van der Waals surface area contributed by atoms with E-state index in [0.29, 0.717) is 42.5 Å². The fourth-order valence-corrected chi connectivity index (χ4v) is 4.23. The summed E-state index contributed by atoms with van der Waals surface area (Å²) < 4.78 is 31.7. The first-order chi connectivity index (χ1) is 13.5. The Morgan fingerprint density at radius 1 is 1.11 bits per heavy atom. The Balaban J connectivity index is 1.60. The minimum absolute atomic E-state index is 0.151. The number of benzene rings is 2. The molecule has 1 fully saturated rings. The summed E-state index contributed by atoms with van der Waals surface area (Å²) in [6.45, 7) is 1.57. The van der Waals surface area contributed by atoms with Crippen LogP contribution < -0.4 is 5.32 Å². The highest BCUT2D eigenvalue weighted by Crippen LogP contribution is 2.17. The van der Waals surface area contributed by atoms with E-state index >= 15 is 0 Å². The number of ether oxygens (including phenoxy) is 1. The fourth-order valence-electron chi connectivity index (χ4n) is 2.64. The number of halogens is 1. The summed E-state index contributed by atoms with van der Waals surface area (Å²) in [6.07, 6.45) is 0. The van der Waals surface area contributed by atoms with Gasteiger partial charge >= 0.3 is 0 Å². The van der Waals surface area contributed by atoms with Gasteiger partial charge in [0.05, 0.1) is 29.7 Å². The molecule has 0 saturated carbocycles. The molecule has 8 heteroatoms. The van der Waals surface area contributed by atoms with Crippen LogP contribution >= 0.6 is 11.6 Å². The van der Waals surface area contributed by atoms with Gasteiger partial charge in [-0.1, -0.05) is 35.6 Å². The fraction of sp³-hybridized carbons (Fsp3) is 0.250. The SMILES string of the molecule is O=C(NCC#Cc1ccccc1Cl)c1ccc(S(=O)(=O)N2CCOCC2)cc1. The summed E-state index contributed by atoms with van der Waals surface area (Å²) in [7, 11) is -3.57. The van der Waals surface area contributed by atoms with Crippen molar-refractivity contribution in [2.75, 3.05) is 32.8 Å². The number of hydrogen-bond donors (Lipinski definition) is 1. The lowest BCUT2D eigenvalue weighted by atomic mass is 10.2. The summed E-state index contributed by atoms with van der Waals surface area (Å²) in [4.78, 5) is 12.4. The van der Waals surface area contributed by atoms with Crippen LogP contribution in [0.3, 0.4) is 0 Å². The summed E-state index contributed by atoms with van der Waals surface area (Å²) in [5.74, 6) is 5.40. The number of carbonyl (C=O) groups is 1. The lowest BCUT2D eigenvalue weighted by Gasteiger charge is -2.26. The maximum Gasteiger partial charge on any atom is 0.252 e. The Bertz CT molecular complexity index is 1000. The van der Waals surface area contributed by atoms with Crippen molar-refractivity contribution in [1.29, 1.82) is 0 Å². The van der Waals surface area contributed by atoms with Crippen molar-refractivity contribution in [3.05, 3.63) is 64.7 Å². The minimum atomic E-state index is -3.57. The molecule has 0 aromatic heterocycles. The average Bonchev–Trinajstić information content (AvgIpc) is 2.73. The molecule has 2 aromatic carbocycles. The topological polar surface area (TPSA) is 75.7 Å². The molecule has 0 radical (unpaired) electrons. The molecule has 6 nitrogen and oxygen atoms in total. The molecule has 146 valence electrons. The van der Waals surface area contributed by atoms with Crippen molar-refractivity contribution in [3.8, 4) is 11.8 Å². The zero-order valence-corrected chi connectivity index (χ0v) is 16.6. The van der Waals surface area contributed by atoms with E-state index in [9.17, 15) is 13.2 Å². The number of sulfonamides is 1. The summed E-state index contributed by atoms with van der Waals surface area (Å²) in [5, 5.41) is 3.23. The lowest BCUT2D eigenvalue weighted by Crippen LogP contribution is -2.40. The van der Waals surface area contributed by atoms with Crippen LogP contribution in [0.1, 0.15) is 15.9 Å². The van der Waals surface area contributed by atoms with Gasteiger partial charge in [-0.25, -0.2) is 8.42 Å². The molecule has 1 amide bonds. The molecule has 1 saturated heterocycles. The molecule has 28 heavy (non-hydrogen) atoms. The highest BCUT2D eigenvalue weighted by atomic mass is 35.5. The molecular formula is C20H19ClN2O4S. The highest BCUT2D eigenvalue weighted by Gasteiger charge is 2.26. The van der Waals surface area contributed by atoms with Gasteiger partial charge in [-0.3, -0.25) is 4.79 Å². The second-order valence-corrected chi connectivity index (χ2v) is 8.35. The van der Waals surface area contributed by atoms with Crippen LogP contribution in [-0.4, -0.2) is 51.5 Å². The number of nitrogens with zero attached hydrogens (tertiary/aromatic N) is 1. The minimum Gasteiger partial charge on any atom is -0.379 e. The predicted molar refractivity (Wildman–Crippen MR) is 107 cm³/mol. The molecule has 1 aliphatic rings. The molecular weight excluding hydrogens is 400 g/mol. The van der Waals surface area contributed by atoms with E-state index in [1.165, 1.54) is 28.6 Å². The van der Waals surface area contributed by atoms with Crippen LogP contribution in [0.5, 0.6) is 0 Å². The third-order valence-corrected chi connectivity index (χ3v) is 6.40. The number of rotatable bonds is 4. The van der Waals surface area contributed by atoms with Gasteiger partial charge in [-0.15, -0.1) is 0 Å². The second-order valence-electron chi connectivity index (χ2n) is 6.01. The first-order valence-electron chi connectivity index (χ1n) is 8.68. The lowest BCUT2D eigenvalue weighted by molar-refractivity contribution is 0.0730. The molecule has 2 aromatic rings. The van der Waals surface area contributed by atoms with Crippen molar-refractivity contribution in [2.24, 2.45) is 0 Å². The smallest absolute Gasteiger partial charge is 0.252 e. The van der Waals surface area contributed by atoms with E-state index in [-0.39, 0.29) is 17.3 Å². The van der Waals surface area contributed by atoms with Gasteiger partial charge in [0.2, 0.25) is 10.0 Å². The number of nitrogens with one attached hydrogen (secondary N) is 1. The average molecular weight is 419 g/mol. The number of hydrogen-bond acceptors (Lipinski definition) is 4. The van der Waals surface area contributed by atoms with Crippen molar-refractivity contribution in [3.63, 3.8) is 0 Å². The summed E-state index contributed by atoms with van der Waals surface area (Å²) >= 11 is 6.02. The first kappa shape index (κ1) is 20.4. The van der Waals surface area contributed by atoms with Crippen LogP contribution in [-0.2, 0) is 14.8 Å². The van der Waals surface area contributed by atoms with E-state index in [1.54, 1.807) is 12.1 Å². The van der Waals surface area contributed by atoms with E-state index in [2.05, 4.69) is 17.2 Å². The van der Waals surface area contributed by atoms with E-state index in [1.807, 2.05) is 12.1 Å². The van der Waals surface area contributed by atoms with E-state index in [0.717, 1.165) is 0 Å². The maximum atomic E-state index is 12.6. The second kappa shape index (κ2) is 9.22. The standard InChI is InChI=1S/C20H19ClN2O4S/c21-19-6-2-1-4-16(19)5-3-11-22-20(24)17-7-9-18(10-8-17)28(25,26)23-12-14-27-15-13-23/h1-2,4,6-10H,11-15H2,(H,22,24). The van der Waals surface area contributed by atoms with Crippen LogP contribution in [0, 0.1) is 11.8 Å². The molecule has 0 spiro atoms. The van der Waals surface area contributed by atoms with Gasteiger partial charge in [0, 0.05) is 24.2 Å². The van der Waals surface area contributed by atoms with Crippen LogP contribution in [0.15, 0.2) is 53.4 Å². The quantitative estimate of drug-likeness (QED) is 0.772. The number of amides is 1. The van der Waals surface area contributed by atoms with Crippen molar-refractivity contribution in [1.82, 2.24) is 9.62 Å². The molecule has 0 aliphatic carbocycles. The molecule has 1 heterocycles. The van der Waals surface area contributed by atoms with Gasteiger partial charge < -0.3 is 10.1 Å². The zero-order valence-electron chi connectivity index (χ0n) is 15.0. The Kier molecular flexibility index (Phi) is 6.70. The normalized spacial score (nSPS) is 14.8. The van der Waals surface area contributed by atoms with Gasteiger partial charge in [0.15, 0.2) is 0 Å². The highest BCUT2D eigenvalue weighted by molar-refractivity contribution is 7.89. The largest absolute Gasteiger partial charge is 0.379 e. The molecule has 0 unspecified atom stereocenters. The van der Waals surface area contributed by atoms with E-state index in [4.69, 9.17) is 16.3 Å². The van der Waals surface area contributed by atoms with Gasteiger partial charge in [-0.05, 0) is 36.4 Å². The first-order valence-corrected chi connectivity index (χ1v) is 10.5. The monoisotopic (exact) mass is 418 g/mol. The molecule has 3 rings (SSSR count). The van der Waals surface area contributed by atoms with Crippen LogP contribution in [0.25, 0.3) is 0 Å². The maximum absolute atomic E-state index is 12.6. The van der Waals surface area contributed by atoms with Crippen LogP contribution in [0.4, 0.5) is 0 Å². The summed E-state index contributed by atoms with van der Waals surface area (Å²) in [5.41, 5.74) is 1.05. The molecule has 1 N–H and O–H groups in total. The summed E-state index contributed by atoms with van der Waals surface area (Å²) in [6, 6.07) is 13.1. The predicted octanol–water partition coefficient (Wildman–Crippen LogP) is 2.14. The third kappa shape index (κ3) is 4.91. The van der Waals surface area contributed by atoms with Crippen LogP contribution in [0.2, 0.25) is 5.02 Å². The van der Waals surface area contributed by atoms with Crippen molar-refractivity contribution < 1.29 is 17.9 Å². The Morgan fingerprint density at radius 2 is 1.79 bits per heavy atom.